The first-order valence-corrected chi connectivity index (χ1v) is 7.93. The molecule has 2 aromatic carbocycles. The molecule has 2 aromatic rings. The van der Waals surface area contributed by atoms with E-state index in [1.807, 2.05) is 13.0 Å². The maximum absolute atomic E-state index is 12.0. The smallest absolute Gasteiger partial charge is 0.272 e. The van der Waals surface area contributed by atoms with Crippen LogP contribution in [0.5, 0.6) is 5.75 Å². The Balaban J connectivity index is 2.14. The van der Waals surface area contributed by atoms with Crippen LogP contribution in [0.2, 0.25) is 5.02 Å². The van der Waals surface area contributed by atoms with Crippen LogP contribution in [0.25, 0.3) is 0 Å². The molecule has 0 aliphatic carbocycles. The number of benzene rings is 2. The van der Waals surface area contributed by atoms with Crippen molar-refractivity contribution in [3.63, 3.8) is 0 Å². The van der Waals surface area contributed by atoms with Gasteiger partial charge in [-0.25, -0.2) is 5.43 Å². The maximum Gasteiger partial charge on any atom is 0.272 e. The van der Waals surface area contributed by atoms with Gasteiger partial charge in [0.1, 0.15) is 5.75 Å². The zero-order valence-electron chi connectivity index (χ0n) is 12.0. The monoisotopic (exact) mass is 428 g/mol. The molecule has 2 N–H and O–H groups in total. The van der Waals surface area contributed by atoms with E-state index in [9.17, 15) is 9.90 Å². The van der Waals surface area contributed by atoms with Crippen LogP contribution in [0.1, 0.15) is 27.0 Å². The molecule has 0 aliphatic heterocycles. The average Bonchev–Trinajstić information content (AvgIpc) is 2.43. The van der Waals surface area contributed by atoms with E-state index >= 15 is 0 Å². The van der Waals surface area contributed by atoms with E-state index in [0.717, 1.165) is 14.7 Å². The Morgan fingerprint density at radius 1 is 1.32 bits per heavy atom. The summed E-state index contributed by atoms with van der Waals surface area (Å²) >= 11 is 8.19. The summed E-state index contributed by atoms with van der Waals surface area (Å²) in [5.74, 6) is -0.255. The van der Waals surface area contributed by atoms with Crippen LogP contribution < -0.4 is 5.43 Å². The normalized spacial score (nSPS) is 10.9. The number of aryl methyl sites for hydroxylation is 2. The van der Waals surface area contributed by atoms with Crippen LogP contribution in [-0.4, -0.2) is 17.2 Å². The van der Waals surface area contributed by atoms with Crippen molar-refractivity contribution in [3.05, 3.63) is 61.2 Å². The Morgan fingerprint density at radius 3 is 2.73 bits per heavy atom. The van der Waals surface area contributed by atoms with Crippen molar-refractivity contribution in [3.8, 4) is 5.75 Å². The fourth-order valence-electron chi connectivity index (χ4n) is 1.88. The minimum absolute atomic E-state index is 0.145. The van der Waals surface area contributed by atoms with Gasteiger partial charge in [-0.15, -0.1) is 0 Å². The summed E-state index contributed by atoms with van der Waals surface area (Å²) in [6.45, 7) is 3.70. The van der Waals surface area contributed by atoms with Gasteiger partial charge in [-0.05, 0) is 71.8 Å². The first-order chi connectivity index (χ1) is 10.4. The predicted molar refractivity (Wildman–Crippen MR) is 96.8 cm³/mol. The summed E-state index contributed by atoms with van der Waals surface area (Å²) < 4.78 is 0.974. The second-order valence-electron chi connectivity index (χ2n) is 4.84. The molecule has 2 rings (SSSR count). The lowest BCUT2D eigenvalue weighted by molar-refractivity contribution is 0.0955. The van der Waals surface area contributed by atoms with Crippen LogP contribution >= 0.6 is 34.2 Å². The number of rotatable bonds is 3. The number of phenols is 1. The van der Waals surface area contributed by atoms with E-state index in [0.29, 0.717) is 16.1 Å². The number of hydrazone groups is 1. The number of hydrogen-bond acceptors (Lipinski definition) is 3. The van der Waals surface area contributed by atoms with Gasteiger partial charge in [0.15, 0.2) is 0 Å². The highest BCUT2D eigenvalue weighted by atomic mass is 127. The van der Waals surface area contributed by atoms with E-state index in [4.69, 9.17) is 11.6 Å². The highest BCUT2D eigenvalue weighted by Crippen LogP contribution is 2.23. The number of nitrogens with one attached hydrogen (secondary N) is 1. The van der Waals surface area contributed by atoms with Gasteiger partial charge in [-0.1, -0.05) is 17.7 Å². The molecule has 6 heteroatoms. The highest BCUT2D eigenvalue weighted by molar-refractivity contribution is 14.1. The molecule has 4 nitrogen and oxygen atoms in total. The van der Waals surface area contributed by atoms with Crippen molar-refractivity contribution in [2.45, 2.75) is 13.8 Å². The van der Waals surface area contributed by atoms with Crippen molar-refractivity contribution >= 4 is 46.3 Å². The Morgan fingerprint density at radius 2 is 2.05 bits per heavy atom. The molecule has 1 amide bonds. The van der Waals surface area contributed by atoms with Gasteiger partial charge in [0.25, 0.3) is 5.91 Å². The summed E-state index contributed by atoms with van der Waals surface area (Å²) in [5.41, 5.74) is 5.03. The fourth-order valence-corrected chi connectivity index (χ4v) is 3.01. The van der Waals surface area contributed by atoms with Crippen molar-refractivity contribution in [1.82, 2.24) is 5.43 Å². The third-order valence-corrected chi connectivity index (χ3v) is 3.97. The Bertz CT molecular complexity index is 760. The molecular weight excluding hydrogens is 415 g/mol. The topological polar surface area (TPSA) is 61.7 Å². The number of amides is 1. The minimum Gasteiger partial charge on any atom is -0.507 e. The van der Waals surface area contributed by atoms with Gasteiger partial charge in [0.05, 0.1) is 16.8 Å². The molecule has 0 spiro atoms. The number of nitrogens with zero attached hydrogens (tertiary/aromatic N) is 1. The summed E-state index contributed by atoms with van der Waals surface area (Å²) in [4.78, 5) is 12.0. The lowest BCUT2D eigenvalue weighted by Crippen LogP contribution is -2.18. The maximum atomic E-state index is 12.0. The number of carbonyl (C=O) groups is 1. The van der Waals surface area contributed by atoms with E-state index in [1.54, 1.807) is 31.2 Å². The summed E-state index contributed by atoms with van der Waals surface area (Å²) in [6.07, 6.45) is 1.41. The average molecular weight is 429 g/mol. The van der Waals surface area contributed by atoms with Gasteiger partial charge in [-0.2, -0.15) is 5.10 Å². The SMILES string of the molecule is Cc1ccc(C(=O)NN=Cc2cc(I)cc(C)c2O)c(Cl)c1. The summed E-state index contributed by atoms with van der Waals surface area (Å²) in [7, 11) is 0. The third-order valence-electron chi connectivity index (χ3n) is 3.03. The van der Waals surface area contributed by atoms with Gasteiger partial charge < -0.3 is 5.11 Å². The fraction of sp³-hybridized carbons (Fsp3) is 0.125. The molecule has 0 heterocycles. The van der Waals surface area contributed by atoms with Crippen molar-refractivity contribution in [1.29, 1.82) is 0 Å². The second-order valence-corrected chi connectivity index (χ2v) is 6.50. The third kappa shape index (κ3) is 3.98. The molecule has 0 bridgehead atoms. The molecule has 0 unspecified atom stereocenters. The van der Waals surface area contributed by atoms with Crippen molar-refractivity contribution in [2.24, 2.45) is 5.10 Å². The van der Waals surface area contributed by atoms with E-state index in [-0.39, 0.29) is 5.75 Å². The van der Waals surface area contributed by atoms with Crippen LogP contribution in [0.4, 0.5) is 0 Å². The standard InChI is InChI=1S/C16H14ClIN2O2/c1-9-3-4-13(14(17)5-9)16(22)20-19-8-11-7-12(18)6-10(2)15(11)21/h3-8,21H,1-2H3,(H,20,22). The Kier molecular flexibility index (Phi) is 5.42. The van der Waals surface area contributed by atoms with Gasteiger partial charge in [0, 0.05) is 9.13 Å². The quantitative estimate of drug-likeness (QED) is 0.440. The number of hydrogen-bond donors (Lipinski definition) is 2. The van der Waals surface area contributed by atoms with Crippen molar-refractivity contribution < 1.29 is 9.90 Å². The number of carbonyl (C=O) groups excluding carboxylic acids is 1. The zero-order chi connectivity index (χ0) is 16.3. The molecule has 22 heavy (non-hydrogen) atoms. The van der Waals surface area contributed by atoms with E-state index < -0.39 is 5.91 Å². The summed E-state index contributed by atoms with van der Waals surface area (Å²) in [5, 5.41) is 14.2. The molecule has 0 fully saturated rings. The molecule has 0 saturated heterocycles. The number of halogens is 2. The van der Waals surface area contributed by atoms with Crippen LogP contribution in [0.3, 0.4) is 0 Å². The summed E-state index contributed by atoms with van der Waals surface area (Å²) in [6, 6.07) is 8.80. The largest absolute Gasteiger partial charge is 0.507 e. The molecule has 114 valence electrons. The molecule has 0 aromatic heterocycles. The van der Waals surface area contributed by atoms with Gasteiger partial charge in [0.2, 0.25) is 0 Å². The van der Waals surface area contributed by atoms with Crippen LogP contribution in [0.15, 0.2) is 35.4 Å². The van der Waals surface area contributed by atoms with E-state index in [2.05, 4.69) is 33.1 Å². The van der Waals surface area contributed by atoms with Crippen molar-refractivity contribution in [2.75, 3.05) is 0 Å². The minimum atomic E-state index is -0.400. The molecule has 0 radical (unpaired) electrons. The first kappa shape index (κ1) is 16.8. The zero-order valence-corrected chi connectivity index (χ0v) is 14.9. The first-order valence-electron chi connectivity index (χ1n) is 6.47. The van der Waals surface area contributed by atoms with Gasteiger partial charge >= 0.3 is 0 Å². The Hall–Kier alpha value is -1.60. The number of phenolic OH excluding ortho intramolecular Hbond substituents is 1. The molecule has 0 aliphatic rings. The lowest BCUT2D eigenvalue weighted by atomic mass is 10.1. The molecule has 0 saturated carbocycles. The Labute approximate surface area is 147 Å². The molecular formula is C16H14ClIN2O2. The lowest BCUT2D eigenvalue weighted by Gasteiger charge is -2.05. The van der Waals surface area contributed by atoms with Crippen LogP contribution in [-0.2, 0) is 0 Å². The predicted octanol–water partition coefficient (Wildman–Crippen LogP) is 4.03. The number of aromatic hydroxyl groups is 1. The molecule has 0 atom stereocenters. The van der Waals surface area contributed by atoms with Gasteiger partial charge in [-0.3, -0.25) is 4.79 Å². The second kappa shape index (κ2) is 7.11. The highest BCUT2D eigenvalue weighted by Gasteiger charge is 2.09. The van der Waals surface area contributed by atoms with Crippen LogP contribution in [0, 0.1) is 17.4 Å². The van der Waals surface area contributed by atoms with E-state index in [1.165, 1.54) is 6.21 Å².